The molecule has 4 nitrogen and oxygen atoms in total. The number of rotatable bonds is 6. The van der Waals surface area contributed by atoms with Gasteiger partial charge in [-0.1, -0.05) is 0 Å². The van der Waals surface area contributed by atoms with E-state index in [1.807, 2.05) is 6.92 Å². The molecule has 17 heavy (non-hydrogen) atoms. The van der Waals surface area contributed by atoms with Gasteiger partial charge in [-0.05, 0) is 25.8 Å². The number of carboxylic acid groups (broad SMARTS) is 1. The number of hydrogen-bond acceptors (Lipinski definition) is 3. The maximum absolute atomic E-state index is 11.0. The Morgan fingerprint density at radius 2 is 2.35 bits per heavy atom. The zero-order valence-corrected chi connectivity index (χ0v) is 9.86. The van der Waals surface area contributed by atoms with Crippen LogP contribution in [0.4, 0.5) is 5.69 Å². The Bertz CT molecular complexity index is 436. The zero-order chi connectivity index (χ0) is 12.7. The molecule has 0 aliphatic heterocycles. The molecule has 0 saturated carbocycles. The standard InChI is InChI=1S/C13H16N2O2/c1-3-4-5-6-7-14-12-8-10(2)15-9-11(12)13(16)17/h1,8-9H,4-7H2,2H3,(H,14,15)(H,16,17). The second-order valence-electron chi connectivity index (χ2n) is 3.76. The molecule has 0 spiro atoms. The van der Waals surface area contributed by atoms with Crippen LogP contribution in [0.15, 0.2) is 12.3 Å². The molecule has 0 aliphatic rings. The van der Waals surface area contributed by atoms with Gasteiger partial charge >= 0.3 is 5.97 Å². The third-order valence-corrected chi connectivity index (χ3v) is 2.33. The van der Waals surface area contributed by atoms with E-state index in [0.717, 1.165) is 25.0 Å². The number of hydrogen-bond donors (Lipinski definition) is 2. The van der Waals surface area contributed by atoms with Crippen molar-refractivity contribution in [3.8, 4) is 12.3 Å². The summed E-state index contributed by atoms with van der Waals surface area (Å²) in [6.07, 6.45) is 9.14. The monoisotopic (exact) mass is 232 g/mol. The average molecular weight is 232 g/mol. The van der Waals surface area contributed by atoms with Gasteiger partial charge in [0.25, 0.3) is 0 Å². The van der Waals surface area contributed by atoms with Crippen molar-refractivity contribution in [2.75, 3.05) is 11.9 Å². The lowest BCUT2D eigenvalue weighted by Crippen LogP contribution is -2.08. The molecule has 0 atom stereocenters. The SMILES string of the molecule is C#CCCCCNc1cc(C)ncc1C(=O)O. The summed E-state index contributed by atoms with van der Waals surface area (Å²) in [6, 6.07) is 1.74. The molecule has 0 bridgehead atoms. The fraction of sp³-hybridized carbons (Fsp3) is 0.385. The molecule has 1 rings (SSSR count). The smallest absolute Gasteiger partial charge is 0.339 e. The fourth-order valence-corrected chi connectivity index (χ4v) is 1.45. The van der Waals surface area contributed by atoms with Gasteiger partial charge in [0.2, 0.25) is 0 Å². The van der Waals surface area contributed by atoms with Crippen LogP contribution in [0.2, 0.25) is 0 Å². The second kappa shape index (κ2) is 6.54. The summed E-state index contributed by atoms with van der Waals surface area (Å²) in [6.45, 7) is 2.54. The summed E-state index contributed by atoms with van der Waals surface area (Å²) < 4.78 is 0. The van der Waals surface area contributed by atoms with Crippen molar-refractivity contribution in [3.63, 3.8) is 0 Å². The van der Waals surface area contributed by atoms with Crippen molar-refractivity contribution >= 4 is 11.7 Å². The maximum atomic E-state index is 11.0. The Kier molecular flexibility index (Phi) is 5.02. The number of anilines is 1. The Morgan fingerprint density at radius 1 is 1.59 bits per heavy atom. The van der Waals surface area contributed by atoms with Crippen molar-refractivity contribution in [2.45, 2.75) is 26.2 Å². The average Bonchev–Trinajstić information content (AvgIpc) is 2.28. The molecule has 0 aromatic carbocycles. The lowest BCUT2D eigenvalue weighted by atomic mass is 10.2. The largest absolute Gasteiger partial charge is 0.478 e. The number of nitrogens with zero attached hydrogens (tertiary/aromatic N) is 1. The number of pyridine rings is 1. The predicted octanol–water partition coefficient (Wildman–Crippen LogP) is 2.30. The van der Waals surface area contributed by atoms with Gasteiger partial charge in [-0.2, -0.15) is 0 Å². The molecular weight excluding hydrogens is 216 g/mol. The summed E-state index contributed by atoms with van der Waals surface area (Å²) in [5.41, 5.74) is 1.61. The Morgan fingerprint density at radius 3 is 3.00 bits per heavy atom. The molecule has 0 fully saturated rings. The summed E-state index contributed by atoms with van der Waals surface area (Å²) in [5.74, 6) is 1.60. The highest BCUT2D eigenvalue weighted by atomic mass is 16.4. The molecule has 1 aromatic heterocycles. The number of aromatic nitrogens is 1. The predicted molar refractivity (Wildman–Crippen MR) is 67.1 cm³/mol. The molecular formula is C13H16N2O2. The zero-order valence-electron chi connectivity index (χ0n) is 9.86. The first kappa shape index (κ1) is 13.0. The molecule has 0 saturated heterocycles. The molecule has 0 amide bonds. The Balaban J connectivity index is 2.60. The normalized spacial score (nSPS) is 9.65. The van der Waals surface area contributed by atoms with Crippen LogP contribution in [-0.2, 0) is 0 Å². The number of aromatic carboxylic acids is 1. The number of carbonyl (C=O) groups is 1. The molecule has 0 unspecified atom stereocenters. The van der Waals surface area contributed by atoms with E-state index in [1.165, 1.54) is 6.20 Å². The van der Waals surface area contributed by atoms with Crippen LogP contribution in [-0.4, -0.2) is 22.6 Å². The first-order chi connectivity index (χ1) is 8.15. The van der Waals surface area contributed by atoms with Gasteiger partial charge in [0.05, 0.1) is 5.69 Å². The molecule has 2 N–H and O–H groups in total. The maximum Gasteiger partial charge on any atom is 0.339 e. The Hall–Kier alpha value is -2.02. The van der Waals surface area contributed by atoms with E-state index in [0.29, 0.717) is 12.2 Å². The third-order valence-electron chi connectivity index (χ3n) is 2.33. The first-order valence-corrected chi connectivity index (χ1v) is 5.52. The van der Waals surface area contributed by atoms with Crippen molar-refractivity contribution in [1.82, 2.24) is 4.98 Å². The number of terminal acetylenes is 1. The summed E-state index contributed by atoms with van der Waals surface area (Å²) in [5, 5.41) is 12.1. The van der Waals surface area contributed by atoms with E-state index in [-0.39, 0.29) is 5.56 Å². The molecule has 0 radical (unpaired) electrons. The van der Waals surface area contributed by atoms with Crippen molar-refractivity contribution in [3.05, 3.63) is 23.5 Å². The first-order valence-electron chi connectivity index (χ1n) is 5.52. The highest BCUT2D eigenvalue weighted by Crippen LogP contribution is 2.15. The third kappa shape index (κ3) is 4.15. The number of carboxylic acids is 1. The van der Waals surface area contributed by atoms with Gasteiger partial charge in [-0.3, -0.25) is 4.98 Å². The molecule has 0 aliphatic carbocycles. The van der Waals surface area contributed by atoms with E-state index in [9.17, 15) is 4.79 Å². The minimum absolute atomic E-state index is 0.201. The van der Waals surface area contributed by atoms with Crippen LogP contribution in [0, 0.1) is 19.3 Å². The van der Waals surface area contributed by atoms with Gasteiger partial charge in [-0.15, -0.1) is 12.3 Å². The van der Waals surface area contributed by atoms with E-state index >= 15 is 0 Å². The lowest BCUT2D eigenvalue weighted by Gasteiger charge is -2.09. The Labute approximate surface area is 101 Å². The number of unbranched alkanes of at least 4 members (excludes halogenated alkanes) is 2. The van der Waals surface area contributed by atoms with Gasteiger partial charge in [0, 0.05) is 24.9 Å². The fourth-order valence-electron chi connectivity index (χ4n) is 1.45. The van der Waals surface area contributed by atoms with Crippen LogP contribution in [0.1, 0.15) is 35.3 Å². The van der Waals surface area contributed by atoms with Gasteiger partial charge in [-0.25, -0.2) is 4.79 Å². The topological polar surface area (TPSA) is 62.2 Å². The molecule has 1 aromatic rings. The summed E-state index contributed by atoms with van der Waals surface area (Å²) in [7, 11) is 0. The van der Waals surface area contributed by atoms with E-state index < -0.39 is 5.97 Å². The van der Waals surface area contributed by atoms with Crippen LogP contribution < -0.4 is 5.32 Å². The molecule has 4 heteroatoms. The van der Waals surface area contributed by atoms with Gasteiger partial charge < -0.3 is 10.4 Å². The van der Waals surface area contributed by atoms with Gasteiger partial charge in [0.15, 0.2) is 0 Å². The lowest BCUT2D eigenvalue weighted by molar-refractivity contribution is 0.0697. The van der Waals surface area contributed by atoms with E-state index in [1.54, 1.807) is 6.07 Å². The quantitative estimate of drug-likeness (QED) is 0.583. The van der Waals surface area contributed by atoms with Crippen molar-refractivity contribution in [2.24, 2.45) is 0 Å². The number of nitrogens with one attached hydrogen (secondary N) is 1. The molecule has 90 valence electrons. The van der Waals surface area contributed by atoms with Crippen LogP contribution >= 0.6 is 0 Å². The summed E-state index contributed by atoms with van der Waals surface area (Å²) >= 11 is 0. The minimum atomic E-state index is -0.969. The molecule has 1 heterocycles. The van der Waals surface area contributed by atoms with Gasteiger partial charge in [0.1, 0.15) is 5.56 Å². The highest BCUT2D eigenvalue weighted by Gasteiger charge is 2.10. The van der Waals surface area contributed by atoms with E-state index in [2.05, 4.69) is 16.2 Å². The highest BCUT2D eigenvalue weighted by molar-refractivity contribution is 5.93. The van der Waals surface area contributed by atoms with Crippen LogP contribution in [0.3, 0.4) is 0 Å². The second-order valence-corrected chi connectivity index (χ2v) is 3.76. The number of aryl methyl sites for hydroxylation is 1. The van der Waals surface area contributed by atoms with E-state index in [4.69, 9.17) is 11.5 Å². The van der Waals surface area contributed by atoms with Crippen molar-refractivity contribution in [1.29, 1.82) is 0 Å². The van der Waals surface area contributed by atoms with Crippen LogP contribution in [0.5, 0.6) is 0 Å². The van der Waals surface area contributed by atoms with Crippen molar-refractivity contribution < 1.29 is 9.90 Å². The minimum Gasteiger partial charge on any atom is -0.478 e. The summed E-state index contributed by atoms with van der Waals surface area (Å²) in [4.78, 5) is 14.9. The van der Waals surface area contributed by atoms with Crippen LogP contribution in [0.25, 0.3) is 0 Å².